The molecule has 0 aliphatic rings. The second kappa shape index (κ2) is 6.73. The van der Waals surface area contributed by atoms with Crippen molar-refractivity contribution in [3.63, 3.8) is 0 Å². The minimum absolute atomic E-state index is 0.372. The SMILES string of the molecule is O=P(Cl)(Cl)OCCCCCBr. The van der Waals surface area contributed by atoms with Crippen LogP contribution in [0.4, 0.5) is 0 Å². The first kappa shape index (κ1) is 12.2. The van der Waals surface area contributed by atoms with Gasteiger partial charge in [0.05, 0.1) is 6.61 Å². The number of hydrogen-bond donors (Lipinski definition) is 0. The summed E-state index contributed by atoms with van der Waals surface area (Å²) in [5, 5.41) is 0.979. The predicted molar refractivity (Wildman–Crippen MR) is 52.9 cm³/mol. The first-order valence-corrected chi connectivity index (χ1v) is 7.82. The molecule has 0 saturated heterocycles. The minimum Gasteiger partial charge on any atom is -0.306 e. The average Bonchev–Trinajstić information content (AvgIpc) is 1.85. The molecule has 0 bridgehead atoms. The zero-order chi connectivity index (χ0) is 8.74. The lowest BCUT2D eigenvalue weighted by atomic mass is 10.3. The normalized spacial score (nSPS) is 11.9. The van der Waals surface area contributed by atoms with E-state index in [2.05, 4.69) is 20.5 Å². The molecule has 68 valence electrons. The maximum absolute atomic E-state index is 10.5. The van der Waals surface area contributed by atoms with Gasteiger partial charge in [-0.15, -0.1) is 0 Å². The molecular formula is C5H10BrCl2O2P. The van der Waals surface area contributed by atoms with Crippen LogP contribution >= 0.6 is 44.5 Å². The van der Waals surface area contributed by atoms with Gasteiger partial charge in [0, 0.05) is 5.33 Å². The Labute approximate surface area is 84.7 Å². The fourth-order valence-electron chi connectivity index (χ4n) is 0.544. The van der Waals surface area contributed by atoms with E-state index in [1.807, 2.05) is 0 Å². The Morgan fingerprint density at radius 1 is 1.27 bits per heavy atom. The van der Waals surface area contributed by atoms with Crippen molar-refractivity contribution in [1.29, 1.82) is 0 Å². The summed E-state index contributed by atoms with van der Waals surface area (Å²) in [4.78, 5) is 0. The van der Waals surface area contributed by atoms with Crippen LogP contribution < -0.4 is 0 Å². The Kier molecular flexibility index (Phi) is 7.50. The molecule has 0 spiro atoms. The highest BCUT2D eigenvalue weighted by molar-refractivity contribution is 9.09. The molecule has 0 N–H and O–H groups in total. The smallest absolute Gasteiger partial charge is 0.306 e. The predicted octanol–water partition coefficient (Wildman–Crippen LogP) is 4.15. The highest BCUT2D eigenvalue weighted by atomic mass is 79.9. The maximum Gasteiger partial charge on any atom is 0.380 e. The summed E-state index contributed by atoms with van der Waals surface area (Å²) in [6.45, 7) is 0.372. The Balaban J connectivity index is 3.09. The van der Waals surface area contributed by atoms with Crippen LogP contribution in [0.15, 0.2) is 0 Å². The fourth-order valence-corrected chi connectivity index (χ4v) is 1.70. The topological polar surface area (TPSA) is 26.3 Å². The zero-order valence-corrected chi connectivity index (χ0v) is 9.93. The molecule has 2 nitrogen and oxygen atoms in total. The Hall–Kier alpha value is 1.25. The van der Waals surface area contributed by atoms with Crippen LogP contribution in [0.5, 0.6) is 0 Å². The van der Waals surface area contributed by atoms with Crippen LogP contribution in [0.2, 0.25) is 0 Å². The number of alkyl halides is 1. The van der Waals surface area contributed by atoms with E-state index in [9.17, 15) is 4.57 Å². The first-order chi connectivity index (χ1) is 5.06. The summed E-state index contributed by atoms with van der Waals surface area (Å²) in [7, 11) is 0. The monoisotopic (exact) mass is 282 g/mol. The molecule has 0 amide bonds. The quantitative estimate of drug-likeness (QED) is 0.416. The molecule has 0 atom stereocenters. The highest BCUT2D eigenvalue weighted by Crippen LogP contribution is 2.57. The lowest BCUT2D eigenvalue weighted by Gasteiger charge is -2.02. The fraction of sp³-hybridized carbons (Fsp3) is 1.00. The van der Waals surface area contributed by atoms with Crippen LogP contribution in [0, 0.1) is 0 Å². The molecule has 0 rings (SSSR count). The van der Waals surface area contributed by atoms with Gasteiger partial charge in [0.15, 0.2) is 0 Å². The third-order valence-corrected chi connectivity index (χ3v) is 2.65. The van der Waals surface area contributed by atoms with Gasteiger partial charge in [-0.25, -0.2) is 0 Å². The number of halogens is 3. The van der Waals surface area contributed by atoms with Crippen LogP contribution in [0.3, 0.4) is 0 Å². The minimum atomic E-state index is -3.28. The molecule has 11 heavy (non-hydrogen) atoms. The van der Waals surface area contributed by atoms with Gasteiger partial charge < -0.3 is 4.52 Å². The third kappa shape index (κ3) is 11.2. The van der Waals surface area contributed by atoms with Gasteiger partial charge in [-0.2, -0.15) is 0 Å². The molecule has 0 heterocycles. The standard InChI is InChI=1S/C5H10BrCl2O2P/c6-4-2-1-3-5-10-11(7,8)9/h1-5H2. The summed E-state index contributed by atoms with van der Waals surface area (Å²) in [6, 6.07) is 0. The lowest BCUT2D eigenvalue weighted by molar-refractivity contribution is 0.322. The van der Waals surface area contributed by atoms with Gasteiger partial charge in [-0.3, -0.25) is 4.57 Å². The van der Waals surface area contributed by atoms with Gasteiger partial charge >= 0.3 is 6.07 Å². The van der Waals surface area contributed by atoms with E-state index in [1.165, 1.54) is 0 Å². The van der Waals surface area contributed by atoms with Crippen LogP contribution in [0.25, 0.3) is 0 Å². The molecule has 0 aromatic carbocycles. The van der Waals surface area contributed by atoms with Gasteiger partial charge in [-0.05, 0) is 35.3 Å². The van der Waals surface area contributed by atoms with Crippen LogP contribution in [-0.4, -0.2) is 11.9 Å². The van der Waals surface area contributed by atoms with Gasteiger partial charge in [0.25, 0.3) is 0 Å². The molecule has 0 aliphatic carbocycles. The van der Waals surface area contributed by atoms with Gasteiger partial charge in [0.1, 0.15) is 0 Å². The lowest BCUT2D eigenvalue weighted by Crippen LogP contribution is -1.87. The Morgan fingerprint density at radius 3 is 2.36 bits per heavy atom. The van der Waals surface area contributed by atoms with E-state index in [0.29, 0.717) is 6.61 Å². The van der Waals surface area contributed by atoms with Crippen LogP contribution in [0.1, 0.15) is 19.3 Å². The molecule has 0 aromatic rings. The van der Waals surface area contributed by atoms with Crippen molar-refractivity contribution in [2.24, 2.45) is 0 Å². The molecule has 0 unspecified atom stereocenters. The molecule has 0 aliphatic heterocycles. The van der Waals surface area contributed by atoms with Crippen LogP contribution in [-0.2, 0) is 9.09 Å². The van der Waals surface area contributed by atoms with Crippen molar-refractivity contribution in [1.82, 2.24) is 0 Å². The van der Waals surface area contributed by atoms with Crippen molar-refractivity contribution < 1.29 is 9.09 Å². The van der Waals surface area contributed by atoms with Crippen molar-refractivity contribution >= 4 is 44.5 Å². The average molecular weight is 284 g/mol. The molecule has 6 heteroatoms. The number of unbranched alkanes of at least 4 members (excludes halogenated alkanes) is 2. The maximum atomic E-state index is 10.5. The second-order valence-electron chi connectivity index (χ2n) is 2.00. The van der Waals surface area contributed by atoms with Gasteiger partial charge in [-0.1, -0.05) is 22.4 Å². The summed E-state index contributed by atoms with van der Waals surface area (Å²) < 4.78 is 15.2. The molecule has 0 aromatic heterocycles. The van der Waals surface area contributed by atoms with E-state index in [0.717, 1.165) is 24.6 Å². The summed E-state index contributed by atoms with van der Waals surface area (Å²) in [5.74, 6) is 0. The largest absolute Gasteiger partial charge is 0.380 e. The molecule has 0 radical (unpaired) electrons. The van der Waals surface area contributed by atoms with E-state index in [4.69, 9.17) is 22.5 Å². The van der Waals surface area contributed by atoms with Crippen molar-refractivity contribution in [3.05, 3.63) is 0 Å². The van der Waals surface area contributed by atoms with E-state index >= 15 is 0 Å². The van der Waals surface area contributed by atoms with Crippen molar-refractivity contribution in [2.75, 3.05) is 11.9 Å². The summed E-state index contributed by atoms with van der Waals surface area (Å²) in [5.41, 5.74) is 0. The summed E-state index contributed by atoms with van der Waals surface area (Å²) >= 11 is 13.6. The van der Waals surface area contributed by atoms with Gasteiger partial charge in [0.2, 0.25) is 0 Å². The van der Waals surface area contributed by atoms with Crippen molar-refractivity contribution in [3.8, 4) is 0 Å². The number of rotatable bonds is 6. The number of hydrogen-bond acceptors (Lipinski definition) is 2. The molecular weight excluding hydrogens is 274 g/mol. The van der Waals surface area contributed by atoms with E-state index in [-0.39, 0.29) is 0 Å². The van der Waals surface area contributed by atoms with E-state index in [1.54, 1.807) is 0 Å². The summed E-state index contributed by atoms with van der Waals surface area (Å²) in [6.07, 6.45) is -0.331. The first-order valence-electron chi connectivity index (χ1n) is 3.26. The molecule has 0 fully saturated rings. The Bertz CT molecular complexity index is 138. The Morgan fingerprint density at radius 2 is 1.91 bits per heavy atom. The third-order valence-electron chi connectivity index (χ3n) is 1.02. The molecule has 0 saturated carbocycles. The second-order valence-corrected chi connectivity index (χ2v) is 7.07. The zero-order valence-electron chi connectivity index (χ0n) is 5.93. The van der Waals surface area contributed by atoms with Crippen molar-refractivity contribution in [2.45, 2.75) is 19.3 Å². The van der Waals surface area contributed by atoms with E-state index < -0.39 is 6.07 Å². The highest BCUT2D eigenvalue weighted by Gasteiger charge is 2.12.